The van der Waals surface area contributed by atoms with E-state index in [-0.39, 0.29) is 17.6 Å². The predicted octanol–water partition coefficient (Wildman–Crippen LogP) is 4.92. The molecule has 0 saturated carbocycles. The number of carbonyl (C=O) groups is 1. The van der Waals surface area contributed by atoms with Crippen LogP contribution in [0, 0.1) is 12.7 Å². The van der Waals surface area contributed by atoms with Gasteiger partial charge >= 0.3 is 0 Å². The largest absolute Gasteiger partial charge is 0.341 e. The Morgan fingerprint density at radius 3 is 2.57 bits per heavy atom. The van der Waals surface area contributed by atoms with Gasteiger partial charge in [0.1, 0.15) is 11.5 Å². The molecule has 3 aromatic rings. The number of anilines is 1. The van der Waals surface area contributed by atoms with Gasteiger partial charge in [-0.1, -0.05) is 18.2 Å². The zero-order valence-corrected chi connectivity index (χ0v) is 20.3. The van der Waals surface area contributed by atoms with Crippen molar-refractivity contribution in [2.24, 2.45) is 0 Å². The van der Waals surface area contributed by atoms with Crippen molar-refractivity contribution in [3.8, 4) is 0 Å². The van der Waals surface area contributed by atoms with Gasteiger partial charge in [0.25, 0.3) is 5.91 Å². The van der Waals surface area contributed by atoms with E-state index < -0.39 is 0 Å². The van der Waals surface area contributed by atoms with Crippen molar-refractivity contribution in [1.82, 2.24) is 19.9 Å². The topological polar surface area (TPSA) is 62.2 Å². The van der Waals surface area contributed by atoms with Gasteiger partial charge in [-0.05, 0) is 74.9 Å². The minimum Gasteiger partial charge on any atom is -0.341 e. The second-order valence-corrected chi connectivity index (χ2v) is 9.69. The third-order valence-electron chi connectivity index (χ3n) is 6.95. The average Bonchev–Trinajstić information content (AvgIpc) is 2.90. The normalized spacial score (nSPS) is 18.5. The molecule has 2 aliphatic rings. The molecule has 1 atom stereocenters. The molecule has 1 amide bonds. The van der Waals surface area contributed by atoms with Crippen molar-refractivity contribution in [3.05, 3.63) is 82.7 Å². The van der Waals surface area contributed by atoms with E-state index in [2.05, 4.69) is 20.9 Å². The number of carbonyl (C=O) groups excluding carboxylic acids is 1. The van der Waals surface area contributed by atoms with Gasteiger partial charge in [-0.2, -0.15) is 0 Å². The van der Waals surface area contributed by atoms with Crippen LogP contribution in [0.1, 0.15) is 71.2 Å². The molecule has 6 nitrogen and oxygen atoms in total. The lowest BCUT2D eigenvalue weighted by atomic mass is 9.93. The van der Waals surface area contributed by atoms with Crippen LogP contribution in [0.4, 0.5) is 10.3 Å². The number of rotatable bonds is 5. The van der Waals surface area contributed by atoms with E-state index in [0.29, 0.717) is 24.6 Å². The lowest BCUT2D eigenvalue weighted by molar-refractivity contribution is 0.0699. The summed E-state index contributed by atoms with van der Waals surface area (Å²) in [5.41, 5.74) is 4.30. The van der Waals surface area contributed by atoms with Crippen LogP contribution in [0.25, 0.3) is 0 Å². The second-order valence-electron chi connectivity index (χ2n) is 9.69. The molecule has 0 N–H and O–H groups in total. The van der Waals surface area contributed by atoms with Gasteiger partial charge in [0.2, 0.25) is 5.95 Å². The van der Waals surface area contributed by atoms with Crippen LogP contribution in [0.15, 0.2) is 48.5 Å². The van der Waals surface area contributed by atoms with Gasteiger partial charge in [0, 0.05) is 55.6 Å². The highest BCUT2D eigenvalue weighted by molar-refractivity contribution is 5.92. The Bertz CT molecular complexity index is 1180. The molecule has 4 heterocycles. The van der Waals surface area contributed by atoms with E-state index in [9.17, 15) is 9.18 Å². The Labute approximate surface area is 206 Å². The number of benzene rings is 1. The fraction of sp³-hybridized carbons (Fsp3) is 0.429. The van der Waals surface area contributed by atoms with Gasteiger partial charge in [0.15, 0.2) is 0 Å². The van der Waals surface area contributed by atoms with Crippen LogP contribution in [-0.4, -0.2) is 51.9 Å². The van der Waals surface area contributed by atoms with Crippen LogP contribution in [0.5, 0.6) is 0 Å². The van der Waals surface area contributed by atoms with E-state index in [1.54, 1.807) is 18.2 Å². The van der Waals surface area contributed by atoms with Crippen LogP contribution in [0.3, 0.4) is 0 Å². The van der Waals surface area contributed by atoms with E-state index in [0.717, 1.165) is 68.0 Å². The van der Waals surface area contributed by atoms with Crippen LogP contribution in [-0.2, 0) is 6.42 Å². The number of amides is 1. The van der Waals surface area contributed by atoms with Crippen molar-refractivity contribution >= 4 is 11.9 Å². The summed E-state index contributed by atoms with van der Waals surface area (Å²) in [5.74, 6) is 0.604. The SMILES string of the molecule is Cc1cc(C(=O)N2CCCC(c3cccc(Cc4ccc(F)cc4)n3)C2)nc(N2CCCCC2)n1. The molecule has 1 aromatic carbocycles. The van der Waals surface area contributed by atoms with Gasteiger partial charge in [0.05, 0.1) is 0 Å². The van der Waals surface area contributed by atoms with Crippen molar-refractivity contribution < 1.29 is 9.18 Å². The van der Waals surface area contributed by atoms with Crippen LogP contribution < -0.4 is 4.90 Å². The molecule has 0 aliphatic carbocycles. The summed E-state index contributed by atoms with van der Waals surface area (Å²) >= 11 is 0. The summed E-state index contributed by atoms with van der Waals surface area (Å²) in [5, 5.41) is 0. The number of aryl methyl sites for hydroxylation is 1. The molecule has 1 unspecified atom stereocenters. The first kappa shape index (κ1) is 23.4. The minimum atomic E-state index is -0.232. The first-order valence-electron chi connectivity index (χ1n) is 12.7. The molecular formula is C28H32FN5O. The third-order valence-corrected chi connectivity index (χ3v) is 6.95. The lowest BCUT2D eigenvalue weighted by Gasteiger charge is -2.33. The zero-order chi connectivity index (χ0) is 24.2. The quantitative estimate of drug-likeness (QED) is 0.526. The van der Waals surface area contributed by atoms with E-state index >= 15 is 0 Å². The highest BCUT2D eigenvalue weighted by atomic mass is 19.1. The van der Waals surface area contributed by atoms with Gasteiger partial charge in [-0.15, -0.1) is 0 Å². The Balaban J connectivity index is 1.30. The maximum atomic E-state index is 13.5. The Kier molecular flexibility index (Phi) is 7.02. The molecular weight excluding hydrogens is 441 g/mol. The van der Waals surface area contributed by atoms with E-state index in [1.165, 1.54) is 18.6 Å². The van der Waals surface area contributed by atoms with E-state index in [1.807, 2.05) is 24.0 Å². The van der Waals surface area contributed by atoms with Gasteiger partial charge in [-0.3, -0.25) is 9.78 Å². The number of hydrogen-bond donors (Lipinski definition) is 0. The highest BCUT2D eigenvalue weighted by Gasteiger charge is 2.28. The summed E-state index contributed by atoms with van der Waals surface area (Å²) in [6.45, 7) is 5.19. The zero-order valence-electron chi connectivity index (χ0n) is 20.3. The predicted molar refractivity (Wildman–Crippen MR) is 134 cm³/mol. The summed E-state index contributed by atoms with van der Waals surface area (Å²) in [6, 6.07) is 14.5. The first-order chi connectivity index (χ1) is 17.0. The van der Waals surface area contributed by atoms with Crippen LogP contribution >= 0.6 is 0 Å². The standard InChI is InChI=1S/C28H32FN5O/c1-20-17-26(32-28(30-20)33-14-3-2-4-15-33)27(35)34-16-6-7-22(19-34)25-9-5-8-24(31-25)18-21-10-12-23(29)13-11-21/h5,8-13,17,22H,2-4,6-7,14-16,18-19H2,1H3. The van der Waals surface area contributed by atoms with Crippen molar-refractivity contribution in [2.45, 2.75) is 51.4 Å². The van der Waals surface area contributed by atoms with E-state index in [4.69, 9.17) is 4.98 Å². The Hall–Kier alpha value is -3.35. The summed E-state index contributed by atoms with van der Waals surface area (Å²) < 4.78 is 13.2. The highest BCUT2D eigenvalue weighted by Crippen LogP contribution is 2.27. The molecule has 0 spiro atoms. The number of likely N-dealkylation sites (tertiary alicyclic amines) is 1. The first-order valence-corrected chi connectivity index (χ1v) is 12.7. The molecule has 0 radical (unpaired) electrons. The third kappa shape index (κ3) is 5.66. The Morgan fingerprint density at radius 2 is 1.77 bits per heavy atom. The summed E-state index contributed by atoms with van der Waals surface area (Å²) in [6.07, 6.45) is 6.11. The maximum Gasteiger partial charge on any atom is 0.272 e. The monoisotopic (exact) mass is 473 g/mol. The fourth-order valence-electron chi connectivity index (χ4n) is 5.10. The van der Waals surface area contributed by atoms with Crippen molar-refractivity contribution in [2.75, 3.05) is 31.1 Å². The molecule has 0 bridgehead atoms. The number of pyridine rings is 1. The molecule has 2 fully saturated rings. The molecule has 35 heavy (non-hydrogen) atoms. The van der Waals surface area contributed by atoms with Crippen molar-refractivity contribution in [3.63, 3.8) is 0 Å². The molecule has 182 valence electrons. The second kappa shape index (κ2) is 10.5. The smallest absolute Gasteiger partial charge is 0.272 e. The summed E-state index contributed by atoms with van der Waals surface area (Å²) in [4.78, 5) is 31.8. The molecule has 2 saturated heterocycles. The number of hydrogen-bond acceptors (Lipinski definition) is 5. The van der Waals surface area contributed by atoms with Crippen molar-refractivity contribution in [1.29, 1.82) is 0 Å². The maximum absolute atomic E-state index is 13.5. The lowest BCUT2D eigenvalue weighted by Crippen LogP contribution is -2.40. The number of nitrogens with zero attached hydrogens (tertiary/aromatic N) is 5. The van der Waals surface area contributed by atoms with Crippen LogP contribution in [0.2, 0.25) is 0 Å². The number of piperidine rings is 2. The summed E-state index contributed by atoms with van der Waals surface area (Å²) in [7, 11) is 0. The van der Waals surface area contributed by atoms with Gasteiger partial charge in [-0.25, -0.2) is 14.4 Å². The molecule has 2 aliphatic heterocycles. The fourth-order valence-corrected chi connectivity index (χ4v) is 5.10. The number of aromatic nitrogens is 3. The molecule has 5 rings (SSSR count). The average molecular weight is 474 g/mol. The molecule has 2 aromatic heterocycles. The minimum absolute atomic E-state index is 0.0269. The molecule has 7 heteroatoms. The number of halogens is 1. The Morgan fingerprint density at radius 1 is 0.971 bits per heavy atom. The van der Waals surface area contributed by atoms with Gasteiger partial charge < -0.3 is 9.80 Å².